The third-order valence-electron chi connectivity index (χ3n) is 2.21. The summed E-state index contributed by atoms with van der Waals surface area (Å²) < 4.78 is 0. The number of hydrogen-bond acceptors (Lipinski definition) is 2. The van der Waals surface area contributed by atoms with Crippen molar-refractivity contribution in [3.63, 3.8) is 0 Å². The molecule has 0 N–H and O–H groups in total. The maximum absolute atomic E-state index is 10.8. The SMILES string of the molecule is O=CC1=CCS[C@H]1c1ccccc1Cl. The summed E-state index contributed by atoms with van der Waals surface area (Å²) in [5.74, 6) is 0.893. The van der Waals surface area contributed by atoms with Gasteiger partial charge in [-0.1, -0.05) is 35.9 Å². The van der Waals surface area contributed by atoms with Crippen molar-refractivity contribution in [2.24, 2.45) is 0 Å². The monoisotopic (exact) mass is 224 g/mol. The summed E-state index contributed by atoms with van der Waals surface area (Å²) in [6.45, 7) is 0. The molecule has 0 aliphatic carbocycles. The molecule has 1 heterocycles. The van der Waals surface area contributed by atoms with Gasteiger partial charge in [0.05, 0.1) is 5.25 Å². The van der Waals surface area contributed by atoms with Crippen LogP contribution in [-0.4, -0.2) is 12.0 Å². The fourth-order valence-corrected chi connectivity index (χ4v) is 3.03. The van der Waals surface area contributed by atoms with Crippen molar-refractivity contribution in [3.05, 3.63) is 46.5 Å². The van der Waals surface area contributed by atoms with E-state index >= 15 is 0 Å². The van der Waals surface area contributed by atoms with Crippen molar-refractivity contribution < 1.29 is 4.79 Å². The Hall–Kier alpha value is -0.730. The first-order valence-corrected chi connectivity index (χ1v) is 5.77. The van der Waals surface area contributed by atoms with Crippen molar-refractivity contribution in [3.8, 4) is 0 Å². The van der Waals surface area contributed by atoms with Crippen molar-refractivity contribution in [2.45, 2.75) is 5.25 Å². The lowest BCUT2D eigenvalue weighted by atomic mass is 10.1. The molecule has 72 valence electrons. The summed E-state index contributed by atoms with van der Waals surface area (Å²) in [7, 11) is 0. The Morgan fingerprint density at radius 2 is 2.21 bits per heavy atom. The zero-order valence-electron chi connectivity index (χ0n) is 7.44. The average molecular weight is 225 g/mol. The molecule has 0 unspecified atom stereocenters. The lowest BCUT2D eigenvalue weighted by Crippen LogP contribution is -1.96. The van der Waals surface area contributed by atoms with E-state index in [1.165, 1.54) is 0 Å². The molecule has 0 aromatic heterocycles. The summed E-state index contributed by atoms with van der Waals surface area (Å²) >= 11 is 7.80. The number of aldehydes is 1. The molecule has 1 aromatic carbocycles. The Kier molecular flexibility index (Phi) is 2.94. The maximum atomic E-state index is 10.8. The first-order chi connectivity index (χ1) is 6.83. The Morgan fingerprint density at radius 3 is 2.93 bits per heavy atom. The first kappa shape index (κ1) is 9.81. The average Bonchev–Trinajstić information content (AvgIpc) is 2.66. The maximum Gasteiger partial charge on any atom is 0.147 e. The van der Waals surface area contributed by atoms with Gasteiger partial charge in [-0.3, -0.25) is 4.79 Å². The van der Waals surface area contributed by atoms with Gasteiger partial charge in [-0.05, 0) is 11.6 Å². The number of hydrogen-bond donors (Lipinski definition) is 0. The molecule has 0 fully saturated rings. The topological polar surface area (TPSA) is 17.1 Å². The molecule has 1 aliphatic rings. The van der Waals surface area contributed by atoms with Gasteiger partial charge in [-0.25, -0.2) is 0 Å². The quantitative estimate of drug-likeness (QED) is 0.718. The Morgan fingerprint density at radius 1 is 1.43 bits per heavy atom. The van der Waals surface area contributed by atoms with E-state index in [1.54, 1.807) is 11.8 Å². The number of halogens is 1. The van der Waals surface area contributed by atoms with Crippen LogP contribution in [0.15, 0.2) is 35.9 Å². The predicted molar refractivity (Wildman–Crippen MR) is 60.8 cm³/mol. The standard InChI is InChI=1S/C11H9ClOS/c12-10-4-2-1-3-9(10)11-8(7-13)5-6-14-11/h1-5,7,11H,6H2/t11-/m1/s1. The van der Waals surface area contributed by atoms with E-state index in [0.29, 0.717) is 0 Å². The number of thioether (sulfide) groups is 1. The van der Waals surface area contributed by atoms with Gasteiger partial charge in [0, 0.05) is 16.3 Å². The van der Waals surface area contributed by atoms with Crippen LogP contribution < -0.4 is 0 Å². The van der Waals surface area contributed by atoms with Crippen LogP contribution >= 0.6 is 23.4 Å². The molecule has 0 bridgehead atoms. The Balaban J connectivity index is 2.36. The van der Waals surface area contributed by atoms with Crippen LogP contribution in [-0.2, 0) is 4.79 Å². The summed E-state index contributed by atoms with van der Waals surface area (Å²) in [4.78, 5) is 10.8. The molecule has 1 aromatic rings. The van der Waals surface area contributed by atoms with E-state index in [9.17, 15) is 4.79 Å². The van der Waals surface area contributed by atoms with Crippen LogP contribution in [0.5, 0.6) is 0 Å². The van der Waals surface area contributed by atoms with Crippen molar-refractivity contribution in [1.29, 1.82) is 0 Å². The van der Waals surface area contributed by atoms with E-state index < -0.39 is 0 Å². The number of carbonyl (C=O) groups excluding carboxylic acids is 1. The van der Waals surface area contributed by atoms with Gasteiger partial charge in [0.25, 0.3) is 0 Å². The highest BCUT2D eigenvalue weighted by Gasteiger charge is 2.22. The fourth-order valence-electron chi connectivity index (χ4n) is 1.51. The first-order valence-electron chi connectivity index (χ1n) is 4.34. The van der Waals surface area contributed by atoms with Gasteiger partial charge in [0.15, 0.2) is 0 Å². The zero-order chi connectivity index (χ0) is 9.97. The summed E-state index contributed by atoms with van der Waals surface area (Å²) in [6.07, 6.45) is 2.89. The van der Waals surface area contributed by atoms with E-state index in [0.717, 1.165) is 28.2 Å². The third kappa shape index (κ3) is 1.72. The third-order valence-corrected chi connectivity index (χ3v) is 3.77. The molecular formula is C11H9ClOS. The van der Waals surface area contributed by atoms with Gasteiger partial charge in [-0.2, -0.15) is 0 Å². The van der Waals surface area contributed by atoms with E-state index in [-0.39, 0.29) is 5.25 Å². The molecule has 0 amide bonds. The van der Waals surface area contributed by atoms with Crippen LogP contribution in [0.2, 0.25) is 5.02 Å². The van der Waals surface area contributed by atoms with Gasteiger partial charge >= 0.3 is 0 Å². The number of carbonyl (C=O) groups is 1. The van der Waals surface area contributed by atoms with Gasteiger partial charge < -0.3 is 0 Å². The van der Waals surface area contributed by atoms with Crippen molar-refractivity contribution in [2.75, 3.05) is 5.75 Å². The highest BCUT2D eigenvalue weighted by Crippen LogP contribution is 2.42. The molecule has 0 radical (unpaired) electrons. The molecule has 0 saturated carbocycles. The second-order valence-corrected chi connectivity index (χ2v) is 4.60. The minimum atomic E-state index is 0.126. The van der Waals surface area contributed by atoms with Crippen LogP contribution in [0.3, 0.4) is 0 Å². The normalized spacial score (nSPS) is 20.6. The minimum Gasteiger partial charge on any atom is -0.298 e. The van der Waals surface area contributed by atoms with E-state index in [1.807, 2.05) is 30.3 Å². The summed E-state index contributed by atoms with van der Waals surface area (Å²) in [5.41, 5.74) is 1.87. The Labute approximate surface area is 92.1 Å². The predicted octanol–water partition coefficient (Wildman–Crippen LogP) is 3.25. The second-order valence-electron chi connectivity index (χ2n) is 3.06. The molecule has 0 saturated heterocycles. The Bertz CT molecular complexity index is 387. The van der Waals surface area contributed by atoms with E-state index in [4.69, 9.17) is 11.6 Å². The summed E-state index contributed by atoms with van der Waals surface area (Å²) in [6, 6.07) is 7.68. The van der Waals surface area contributed by atoms with Gasteiger partial charge in [0.2, 0.25) is 0 Å². The van der Waals surface area contributed by atoms with Crippen LogP contribution in [0, 0.1) is 0 Å². The minimum absolute atomic E-state index is 0.126. The summed E-state index contributed by atoms with van der Waals surface area (Å²) in [5, 5.41) is 0.862. The molecule has 0 spiro atoms. The van der Waals surface area contributed by atoms with E-state index in [2.05, 4.69) is 0 Å². The molecule has 1 aliphatic heterocycles. The smallest absolute Gasteiger partial charge is 0.147 e. The second kappa shape index (κ2) is 4.20. The fraction of sp³-hybridized carbons (Fsp3) is 0.182. The molecule has 3 heteroatoms. The van der Waals surface area contributed by atoms with Crippen LogP contribution in [0.25, 0.3) is 0 Å². The molecule has 1 nitrogen and oxygen atoms in total. The van der Waals surface area contributed by atoms with Crippen molar-refractivity contribution >= 4 is 29.6 Å². The van der Waals surface area contributed by atoms with Gasteiger partial charge in [-0.15, -0.1) is 11.8 Å². The molecule has 1 atom stereocenters. The highest BCUT2D eigenvalue weighted by molar-refractivity contribution is 8.00. The van der Waals surface area contributed by atoms with Gasteiger partial charge in [0.1, 0.15) is 6.29 Å². The lowest BCUT2D eigenvalue weighted by Gasteiger charge is -2.12. The zero-order valence-corrected chi connectivity index (χ0v) is 9.02. The highest BCUT2D eigenvalue weighted by atomic mass is 35.5. The molecular weight excluding hydrogens is 216 g/mol. The number of benzene rings is 1. The van der Waals surface area contributed by atoms with Crippen LogP contribution in [0.4, 0.5) is 0 Å². The molecule has 2 rings (SSSR count). The lowest BCUT2D eigenvalue weighted by molar-refractivity contribution is -0.105. The largest absolute Gasteiger partial charge is 0.298 e. The number of rotatable bonds is 2. The molecule has 14 heavy (non-hydrogen) atoms. The van der Waals surface area contributed by atoms with Crippen LogP contribution in [0.1, 0.15) is 10.8 Å². The van der Waals surface area contributed by atoms with Crippen molar-refractivity contribution in [1.82, 2.24) is 0 Å².